The molecule has 0 saturated carbocycles. The summed E-state index contributed by atoms with van der Waals surface area (Å²) in [6, 6.07) is 10.1. The lowest BCUT2D eigenvalue weighted by molar-refractivity contribution is 0.461. The minimum absolute atomic E-state index is 0.403. The van der Waals surface area contributed by atoms with Gasteiger partial charge >= 0.3 is 0 Å². The number of rotatable bonds is 5. The number of nitrogens with zero attached hydrogens (tertiary/aromatic N) is 1. The molecule has 0 radical (unpaired) electrons. The fourth-order valence-corrected chi connectivity index (χ4v) is 1.86. The molecule has 0 amide bonds. The predicted octanol–water partition coefficient (Wildman–Crippen LogP) is 4.33. The van der Waals surface area contributed by atoms with Gasteiger partial charge in [-0.2, -0.15) is 0 Å². The van der Waals surface area contributed by atoms with Crippen LogP contribution in [0.3, 0.4) is 0 Å². The molecule has 2 aromatic rings. The van der Waals surface area contributed by atoms with Crippen molar-refractivity contribution in [3.63, 3.8) is 0 Å². The Morgan fingerprint density at radius 1 is 1.25 bits per heavy atom. The van der Waals surface area contributed by atoms with E-state index in [1.165, 1.54) is 5.56 Å². The summed E-state index contributed by atoms with van der Waals surface area (Å²) in [6.07, 6.45) is 1.63. The molecule has 20 heavy (non-hydrogen) atoms. The number of aryl methyl sites for hydroxylation is 1. The number of benzene rings is 1. The van der Waals surface area contributed by atoms with E-state index in [1.807, 2.05) is 37.3 Å². The number of aromatic nitrogens is 1. The van der Waals surface area contributed by atoms with Crippen LogP contribution in [0.15, 0.2) is 36.5 Å². The molecule has 0 aliphatic carbocycles. The van der Waals surface area contributed by atoms with Gasteiger partial charge in [-0.25, -0.2) is 4.98 Å². The largest absolute Gasteiger partial charge is 0.439 e. The number of halogens is 1. The Morgan fingerprint density at radius 2 is 1.95 bits per heavy atom. The summed E-state index contributed by atoms with van der Waals surface area (Å²) in [5, 5.41) is 3.98. The van der Waals surface area contributed by atoms with E-state index in [0.717, 1.165) is 11.3 Å². The van der Waals surface area contributed by atoms with Crippen molar-refractivity contribution in [3.05, 3.63) is 52.7 Å². The van der Waals surface area contributed by atoms with E-state index in [2.05, 4.69) is 24.1 Å². The fraction of sp³-hybridized carbons (Fsp3) is 0.312. The Labute approximate surface area is 124 Å². The van der Waals surface area contributed by atoms with Crippen LogP contribution in [0.1, 0.15) is 25.0 Å². The zero-order valence-electron chi connectivity index (χ0n) is 12.0. The van der Waals surface area contributed by atoms with Crippen LogP contribution in [0.25, 0.3) is 0 Å². The second-order valence-electron chi connectivity index (χ2n) is 5.06. The molecule has 0 bridgehead atoms. The highest BCUT2D eigenvalue weighted by Crippen LogP contribution is 2.24. The van der Waals surface area contributed by atoms with Crippen molar-refractivity contribution in [2.24, 2.45) is 0 Å². The molecule has 0 fully saturated rings. The number of ether oxygens (including phenoxy) is 1. The van der Waals surface area contributed by atoms with Gasteiger partial charge in [0.25, 0.3) is 0 Å². The summed E-state index contributed by atoms with van der Waals surface area (Å²) in [6.45, 7) is 6.93. The predicted molar refractivity (Wildman–Crippen MR) is 82.5 cm³/mol. The van der Waals surface area contributed by atoms with Crippen molar-refractivity contribution in [1.82, 2.24) is 10.3 Å². The Balaban J connectivity index is 2.12. The molecule has 2 rings (SSSR count). The molecule has 1 aromatic heterocycles. The fourth-order valence-electron chi connectivity index (χ4n) is 1.69. The van der Waals surface area contributed by atoms with Crippen molar-refractivity contribution in [1.29, 1.82) is 0 Å². The molecule has 4 heteroatoms. The molecule has 0 aliphatic heterocycles. The van der Waals surface area contributed by atoms with Gasteiger partial charge in [-0.1, -0.05) is 43.1 Å². The third-order valence-electron chi connectivity index (χ3n) is 2.85. The first-order chi connectivity index (χ1) is 9.54. The van der Waals surface area contributed by atoms with Crippen LogP contribution < -0.4 is 10.1 Å². The quantitative estimate of drug-likeness (QED) is 0.890. The topological polar surface area (TPSA) is 34.1 Å². The Hall–Kier alpha value is -1.58. The maximum absolute atomic E-state index is 6.15. The van der Waals surface area contributed by atoms with Gasteiger partial charge in [0.15, 0.2) is 0 Å². The smallest absolute Gasteiger partial charge is 0.219 e. The van der Waals surface area contributed by atoms with E-state index in [4.69, 9.17) is 16.3 Å². The maximum atomic E-state index is 6.15. The van der Waals surface area contributed by atoms with Gasteiger partial charge in [0.1, 0.15) is 5.75 Å². The normalized spacial score (nSPS) is 10.8. The number of hydrogen-bond donors (Lipinski definition) is 1. The van der Waals surface area contributed by atoms with Gasteiger partial charge in [0.05, 0.1) is 5.02 Å². The third kappa shape index (κ3) is 4.22. The molecular weight excluding hydrogens is 272 g/mol. The summed E-state index contributed by atoms with van der Waals surface area (Å²) < 4.78 is 5.74. The highest BCUT2D eigenvalue weighted by molar-refractivity contribution is 6.31. The van der Waals surface area contributed by atoms with Crippen LogP contribution in [-0.4, -0.2) is 11.0 Å². The van der Waals surface area contributed by atoms with Crippen molar-refractivity contribution < 1.29 is 4.74 Å². The number of hydrogen-bond acceptors (Lipinski definition) is 3. The van der Waals surface area contributed by atoms with Crippen molar-refractivity contribution >= 4 is 11.6 Å². The van der Waals surface area contributed by atoms with Crippen LogP contribution >= 0.6 is 11.6 Å². The minimum Gasteiger partial charge on any atom is -0.439 e. The first kappa shape index (κ1) is 14.8. The van der Waals surface area contributed by atoms with Gasteiger partial charge in [0, 0.05) is 24.8 Å². The highest BCUT2D eigenvalue weighted by atomic mass is 35.5. The first-order valence-electron chi connectivity index (χ1n) is 6.67. The SMILES string of the molecule is Cc1ccc(Oc2cc(CNC(C)C)c(Cl)cn2)cc1. The average molecular weight is 291 g/mol. The second-order valence-corrected chi connectivity index (χ2v) is 5.47. The highest BCUT2D eigenvalue weighted by Gasteiger charge is 2.06. The van der Waals surface area contributed by atoms with E-state index in [9.17, 15) is 0 Å². The van der Waals surface area contributed by atoms with Crippen LogP contribution in [-0.2, 0) is 6.54 Å². The van der Waals surface area contributed by atoms with Gasteiger partial charge in [-0.3, -0.25) is 0 Å². The molecule has 0 spiro atoms. The Morgan fingerprint density at radius 3 is 2.60 bits per heavy atom. The molecule has 3 nitrogen and oxygen atoms in total. The summed E-state index contributed by atoms with van der Waals surface area (Å²) in [5.74, 6) is 1.33. The lowest BCUT2D eigenvalue weighted by atomic mass is 10.2. The van der Waals surface area contributed by atoms with E-state index in [0.29, 0.717) is 23.5 Å². The molecule has 106 valence electrons. The van der Waals surface area contributed by atoms with E-state index in [-0.39, 0.29) is 0 Å². The van der Waals surface area contributed by atoms with Gasteiger partial charge in [-0.15, -0.1) is 0 Å². The van der Waals surface area contributed by atoms with E-state index in [1.54, 1.807) is 6.20 Å². The zero-order chi connectivity index (χ0) is 14.5. The molecule has 1 N–H and O–H groups in total. The second kappa shape index (κ2) is 6.73. The monoisotopic (exact) mass is 290 g/mol. The van der Waals surface area contributed by atoms with E-state index >= 15 is 0 Å². The minimum atomic E-state index is 0.403. The zero-order valence-corrected chi connectivity index (χ0v) is 12.7. The van der Waals surface area contributed by atoms with Crippen LogP contribution in [0.2, 0.25) is 5.02 Å². The summed E-state index contributed by atoms with van der Waals surface area (Å²) in [7, 11) is 0. The standard InChI is InChI=1S/C16H19ClN2O/c1-11(2)18-9-13-8-16(19-10-15(13)17)20-14-6-4-12(3)5-7-14/h4-8,10-11,18H,9H2,1-3H3. The number of nitrogens with one attached hydrogen (secondary N) is 1. The average Bonchev–Trinajstić information content (AvgIpc) is 2.42. The van der Waals surface area contributed by atoms with Gasteiger partial charge in [0.2, 0.25) is 5.88 Å². The van der Waals surface area contributed by atoms with Gasteiger partial charge < -0.3 is 10.1 Å². The summed E-state index contributed by atoms with van der Waals surface area (Å²) >= 11 is 6.15. The van der Waals surface area contributed by atoms with Crippen LogP contribution in [0, 0.1) is 6.92 Å². The maximum Gasteiger partial charge on any atom is 0.219 e. The number of pyridine rings is 1. The molecule has 1 aromatic carbocycles. The molecular formula is C16H19ClN2O. The Kier molecular flexibility index (Phi) is 4.99. The van der Waals surface area contributed by atoms with E-state index < -0.39 is 0 Å². The molecule has 0 saturated heterocycles. The van der Waals surface area contributed by atoms with Crippen molar-refractivity contribution in [2.75, 3.05) is 0 Å². The summed E-state index contributed by atoms with van der Waals surface area (Å²) in [4.78, 5) is 4.20. The van der Waals surface area contributed by atoms with Crippen LogP contribution in [0.5, 0.6) is 11.6 Å². The molecule has 0 unspecified atom stereocenters. The molecule has 0 atom stereocenters. The lowest BCUT2D eigenvalue weighted by Crippen LogP contribution is -2.22. The first-order valence-corrected chi connectivity index (χ1v) is 7.04. The lowest BCUT2D eigenvalue weighted by Gasteiger charge is -2.11. The Bertz CT molecular complexity index is 567. The van der Waals surface area contributed by atoms with Gasteiger partial charge in [-0.05, 0) is 24.6 Å². The van der Waals surface area contributed by atoms with Crippen LogP contribution in [0.4, 0.5) is 0 Å². The molecule has 1 heterocycles. The summed E-state index contributed by atoms with van der Waals surface area (Å²) in [5.41, 5.74) is 2.18. The molecule has 0 aliphatic rings. The third-order valence-corrected chi connectivity index (χ3v) is 3.19. The van der Waals surface area contributed by atoms with Crippen molar-refractivity contribution in [3.8, 4) is 11.6 Å². The van der Waals surface area contributed by atoms with Crippen molar-refractivity contribution in [2.45, 2.75) is 33.4 Å².